The van der Waals surface area contributed by atoms with Crippen LogP contribution in [0.25, 0.3) is 0 Å². The molecule has 7 heteroatoms. The second-order valence-electron chi connectivity index (χ2n) is 4.97. The fourth-order valence-electron chi connectivity index (χ4n) is 2.10. The molecule has 2 aromatic rings. The maximum Gasteiger partial charge on any atom is 0.191 e. The lowest BCUT2D eigenvalue weighted by atomic mass is 10.2. The van der Waals surface area contributed by atoms with E-state index in [1.807, 2.05) is 6.07 Å². The van der Waals surface area contributed by atoms with Crippen LogP contribution in [-0.2, 0) is 19.5 Å². The van der Waals surface area contributed by atoms with Crippen LogP contribution in [0.3, 0.4) is 0 Å². The summed E-state index contributed by atoms with van der Waals surface area (Å²) in [5, 5.41) is 6.44. The summed E-state index contributed by atoms with van der Waals surface area (Å²) < 4.78 is 18.6. The summed E-state index contributed by atoms with van der Waals surface area (Å²) in [6.45, 7) is 3.37. The molecule has 1 aromatic heterocycles. The summed E-state index contributed by atoms with van der Waals surface area (Å²) in [6.07, 6.45) is 1.06. The molecule has 0 spiro atoms. The van der Waals surface area contributed by atoms with Crippen LogP contribution in [-0.4, -0.2) is 20.1 Å². The monoisotopic (exact) mass is 463 g/mol. The number of guanidine groups is 1. The SMILES string of the molecule is CCc1ccc(CNC(=NC)NCc2ccc(OC)c(F)c2)s1.I. The van der Waals surface area contributed by atoms with Gasteiger partial charge >= 0.3 is 0 Å². The summed E-state index contributed by atoms with van der Waals surface area (Å²) in [7, 11) is 3.17. The molecule has 1 aromatic carbocycles. The Morgan fingerprint density at radius 2 is 1.88 bits per heavy atom. The van der Waals surface area contributed by atoms with E-state index in [0.717, 1.165) is 18.5 Å². The predicted octanol–water partition coefficient (Wildman–Crippen LogP) is 3.94. The molecule has 0 aliphatic rings. The van der Waals surface area contributed by atoms with E-state index in [-0.39, 0.29) is 35.5 Å². The van der Waals surface area contributed by atoms with E-state index < -0.39 is 0 Å². The number of nitrogens with one attached hydrogen (secondary N) is 2. The van der Waals surface area contributed by atoms with Crippen LogP contribution >= 0.6 is 35.3 Å². The maximum atomic E-state index is 13.7. The molecule has 0 atom stereocenters. The topological polar surface area (TPSA) is 45.7 Å². The number of rotatable bonds is 6. The van der Waals surface area contributed by atoms with Gasteiger partial charge in [0.25, 0.3) is 0 Å². The molecule has 0 aliphatic carbocycles. The van der Waals surface area contributed by atoms with E-state index in [1.165, 1.54) is 22.9 Å². The lowest BCUT2D eigenvalue weighted by Crippen LogP contribution is -2.36. The van der Waals surface area contributed by atoms with Gasteiger partial charge in [0.05, 0.1) is 13.7 Å². The Hall–Kier alpha value is -1.35. The van der Waals surface area contributed by atoms with Crippen molar-refractivity contribution in [2.24, 2.45) is 4.99 Å². The zero-order valence-electron chi connectivity index (χ0n) is 14.1. The van der Waals surface area contributed by atoms with Gasteiger partial charge in [-0.05, 0) is 36.2 Å². The Morgan fingerprint density at radius 3 is 2.46 bits per heavy atom. The van der Waals surface area contributed by atoms with Crippen LogP contribution in [0.15, 0.2) is 35.3 Å². The summed E-state index contributed by atoms with van der Waals surface area (Å²) in [4.78, 5) is 6.82. The molecule has 4 nitrogen and oxygen atoms in total. The van der Waals surface area contributed by atoms with Crippen molar-refractivity contribution < 1.29 is 9.13 Å². The standard InChI is InChI=1S/C17H22FN3OS.HI/c1-4-13-6-7-14(23-13)11-21-17(19-2)20-10-12-5-8-16(22-3)15(18)9-12;/h5-9H,4,10-11H2,1-3H3,(H2,19,20,21);1H. The van der Waals surface area contributed by atoms with Gasteiger partial charge in [-0.15, -0.1) is 35.3 Å². The summed E-state index contributed by atoms with van der Waals surface area (Å²) in [6, 6.07) is 9.20. The molecule has 0 amide bonds. The minimum atomic E-state index is -0.361. The van der Waals surface area contributed by atoms with Crippen molar-refractivity contribution in [3.8, 4) is 5.75 Å². The third kappa shape index (κ3) is 5.94. The fraction of sp³-hybridized carbons (Fsp3) is 0.353. The average molecular weight is 463 g/mol. The van der Waals surface area contributed by atoms with E-state index in [1.54, 1.807) is 24.5 Å². The molecule has 2 rings (SSSR count). The first kappa shape index (κ1) is 20.7. The minimum absolute atomic E-state index is 0. The van der Waals surface area contributed by atoms with E-state index in [4.69, 9.17) is 4.74 Å². The van der Waals surface area contributed by atoms with Gasteiger partial charge in [0.2, 0.25) is 0 Å². The number of nitrogens with zero attached hydrogens (tertiary/aromatic N) is 1. The minimum Gasteiger partial charge on any atom is -0.494 e. The lowest BCUT2D eigenvalue weighted by Gasteiger charge is -2.12. The van der Waals surface area contributed by atoms with Crippen molar-refractivity contribution in [2.75, 3.05) is 14.2 Å². The van der Waals surface area contributed by atoms with Crippen molar-refractivity contribution in [3.05, 3.63) is 51.5 Å². The Balaban J connectivity index is 0.00000288. The Bertz CT molecular complexity index is 676. The van der Waals surface area contributed by atoms with E-state index in [2.05, 4.69) is 34.7 Å². The van der Waals surface area contributed by atoms with Crippen molar-refractivity contribution >= 4 is 41.3 Å². The molecule has 132 valence electrons. The average Bonchev–Trinajstić information content (AvgIpc) is 3.03. The van der Waals surface area contributed by atoms with Crippen LogP contribution in [0.1, 0.15) is 22.2 Å². The van der Waals surface area contributed by atoms with Crippen molar-refractivity contribution in [2.45, 2.75) is 26.4 Å². The fourth-order valence-corrected chi connectivity index (χ4v) is 3.00. The predicted molar refractivity (Wildman–Crippen MR) is 109 cm³/mol. The number of aliphatic imine (C=N–C) groups is 1. The third-order valence-corrected chi connectivity index (χ3v) is 4.63. The van der Waals surface area contributed by atoms with Gasteiger partial charge in [-0.3, -0.25) is 4.99 Å². The largest absolute Gasteiger partial charge is 0.494 e. The molecule has 0 saturated carbocycles. The summed E-state index contributed by atoms with van der Waals surface area (Å²) in [5.41, 5.74) is 0.829. The zero-order chi connectivity index (χ0) is 16.7. The number of thiophene rings is 1. The van der Waals surface area contributed by atoms with Gasteiger partial charge in [-0.25, -0.2) is 4.39 Å². The first-order valence-corrected chi connectivity index (χ1v) is 8.32. The quantitative estimate of drug-likeness (QED) is 0.388. The van der Waals surface area contributed by atoms with Gasteiger partial charge in [-0.2, -0.15) is 0 Å². The third-order valence-electron chi connectivity index (χ3n) is 3.40. The molecule has 24 heavy (non-hydrogen) atoms. The number of halogens is 2. The first-order chi connectivity index (χ1) is 11.2. The van der Waals surface area contributed by atoms with Crippen LogP contribution < -0.4 is 15.4 Å². The molecule has 0 saturated heterocycles. The number of hydrogen-bond donors (Lipinski definition) is 2. The van der Waals surface area contributed by atoms with Crippen LogP contribution in [0, 0.1) is 5.82 Å². The molecular weight excluding hydrogens is 440 g/mol. The second kappa shape index (κ2) is 10.5. The van der Waals surface area contributed by atoms with Crippen LogP contribution in [0.2, 0.25) is 0 Å². The molecule has 0 fully saturated rings. The highest BCUT2D eigenvalue weighted by atomic mass is 127. The van der Waals surface area contributed by atoms with Crippen molar-refractivity contribution in [1.29, 1.82) is 0 Å². The van der Waals surface area contributed by atoms with Gasteiger partial charge in [0.1, 0.15) is 0 Å². The Labute approximate surface area is 163 Å². The highest BCUT2D eigenvalue weighted by Gasteiger charge is 2.05. The van der Waals surface area contributed by atoms with Gasteiger partial charge < -0.3 is 15.4 Å². The number of benzene rings is 1. The smallest absolute Gasteiger partial charge is 0.191 e. The normalized spacial score (nSPS) is 10.9. The summed E-state index contributed by atoms with van der Waals surface area (Å²) in [5.74, 6) is 0.578. The number of ether oxygens (including phenoxy) is 1. The van der Waals surface area contributed by atoms with Gasteiger partial charge in [-0.1, -0.05) is 13.0 Å². The Kier molecular flexibility index (Phi) is 9.05. The first-order valence-electron chi connectivity index (χ1n) is 7.50. The highest BCUT2D eigenvalue weighted by molar-refractivity contribution is 14.0. The van der Waals surface area contributed by atoms with E-state index >= 15 is 0 Å². The molecule has 0 aliphatic heterocycles. The number of aryl methyl sites for hydroxylation is 1. The summed E-state index contributed by atoms with van der Waals surface area (Å²) >= 11 is 1.80. The molecule has 0 unspecified atom stereocenters. The lowest BCUT2D eigenvalue weighted by molar-refractivity contribution is 0.386. The van der Waals surface area contributed by atoms with Gasteiger partial charge in [0, 0.05) is 23.3 Å². The maximum absolute atomic E-state index is 13.7. The number of hydrogen-bond acceptors (Lipinski definition) is 3. The molecule has 1 heterocycles. The molecular formula is C17H23FIN3OS. The number of methoxy groups -OCH3 is 1. The zero-order valence-corrected chi connectivity index (χ0v) is 17.2. The van der Waals surface area contributed by atoms with E-state index in [0.29, 0.717) is 12.5 Å². The van der Waals surface area contributed by atoms with Gasteiger partial charge in [0.15, 0.2) is 17.5 Å². The van der Waals surface area contributed by atoms with Crippen molar-refractivity contribution in [1.82, 2.24) is 10.6 Å². The van der Waals surface area contributed by atoms with Crippen LogP contribution in [0.5, 0.6) is 5.75 Å². The molecule has 0 radical (unpaired) electrons. The highest BCUT2D eigenvalue weighted by Crippen LogP contribution is 2.18. The van der Waals surface area contributed by atoms with Crippen LogP contribution in [0.4, 0.5) is 4.39 Å². The second-order valence-corrected chi connectivity index (χ2v) is 6.22. The van der Waals surface area contributed by atoms with Crippen molar-refractivity contribution in [3.63, 3.8) is 0 Å². The molecule has 0 bridgehead atoms. The Morgan fingerprint density at radius 1 is 1.17 bits per heavy atom. The van der Waals surface area contributed by atoms with E-state index in [9.17, 15) is 4.39 Å². The molecule has 2 N–H and O–H groups in total.